The predicted octanol–water partition coefficient (Wildman–Crippen LogP) is 3.05. The van der Waals surface area contributed by atoms with Crippen molar-refractivity contribution in [1.29, 1.82) is 0 Å². The summed E-state index contributed by atoms with van der Waals surface area (Å²) in [6, 6.07) is 5.74. The lowest BCUT2D eigenvalue weighted by atomic mass is 9.83. The maximum Gasteiger partial charge on any atom is 0.419 e. The Labute approximate surface area is 123 Å². The van der Waals surface area contributed by atoms with E-state index in [0.29, 0.717) is 12.1 Å². The van der Waals surface area contributed by atoms with Gasteiger partial charge in [-0.1, -0.05) is 19.9 Å². The zero-order valence-corrected chi connectivity index (χ0v) is 12.7. The third-order valence-electron chi connectivity index (χ3n) is 3.77. The largest absolute Gasteiger partial charge is 0.481 e. The molecular formula is C16H21NO4. The van der Waals surface area contributed by atoms with Crippen LogP contribution < -0.4 is 5.76 Å². The van der Waals surface area contributed by atoms with Crippen LogP contribution in [0.4, 0.5) is 0 Å². The van der Waals surface area contributed by atoms with Gasteiger partial charge in [0.25, 0.3) is 0 Å². The van der Waals surface area contributed by atoms with Gasteiger partial charge in [0.05, 0.1) is 11.9 Å². The van der Waals surface area contributed by atoms with Crippen LogP contribution in [0, 0.1) is 5.41 Å². The number of hydrogen-bond donors (Lipinski definition) is 1. The van der Waals surface area contributed by atoms with Gasteiger partial charge >= 0.3 is 11.7 Å². The molecule has 0 fully saturated rings. The van der Waals surface area contributed by atoms with Gasteiger partial charge in [-0.15, -0.1) is 0 Å². The molecule has 0 saturated heterocycles. The molecule has 0 bridgehead atoms. The molecule has 1 aromatic carbocycles. The molecule has 0 spiro atoms. The lowest BCUT2D eigenvalue weighted by molar-refractivity contribution is -0.139. The van der Waals surface area contributed by atoms with Crippen LogP contribution in [0.5, 0.6) is 0 Å². The molecule has 0 unspecified atom stereocenters. The Morgan fingerprint density at radius 2 is 2.10 bits per heavy atom. The number of hydrogen-bond acceptors (Lipinski definition) is 3. The number of aromatic nitrogens is 1. The topological polar surface area (TPSA) is 72.4 Å². The molecule has 0 aliphatic heterocycles. The van der Waals surface area contributed by atoms with E-state index >= 15 is 0 Å². The molecule has 0 radical (unpaired) electrons. The Morgan fingerprint density at radius 3 is 2.71 bits per heavy atom. The number of carbonyl (C=O) groups is 1. The summed E-state index contributed by atoms with van der Waals surface area (Å²) in [7, 11) is 0. The Morgan fingerprint density at radius 1 is 1.38 bits per heavy atom. The SMILES string of the molecule is CCn1c(=O)oc2cc(CCC(C)(C)CC(=O)O)ccc21. The highest BCUT2D eigenvalue weighted by Gasteiger charge is 2.21. The Hall–Kier alpha value is -2.04. The number of aryl methyl sites for hydroxylation is 2. The average Bonchev–Trinajstić information content (AvgIpc) is 2.69. The van der Waals surface area contributed by atoms with Crippen LogP contribution in [0.1, 0.15) is 39.2 Å². The fourth-order valence-electron chi connectivity index (χ4n) is 2.55. The van der Waals surface area contributed by atoms with E-state index in [1.54, 1.807) is 4.57 Å². The van der Waals surface area contributed by atoms with Crippen LogP contribution >= 0.6 is 0 Å². The monoisotopic (exact) mass is 291 g/mol. The molecular weight excluding hydrogens is 270 g/mol. The maximum absolute atomic E-state index is 11.7. The summed E-state index contributed by atoms with van der Waals surface area (Å²) in [6.45, 7) is 6.39. The van der Waals surface area contributed by atoms with E-state index < -0.39 is 5.97 Å². The number of aliphatic carboxylic acids is 1. The highest BCUT2D eigenvalue weighted by atomic mass is 16.4. The summed E-state index contributed by atoms with van der Waals surface area (Å²) in [4.78, 5) is 22.5. The first-order valence-corrected chi connectivity index (χ1v) is 7.16. The van der Waals surface area contributed by atoms with Crippen LogP contribution in [0.15, 0.2) is 27.4 Å². The van der Waals surface area contributed by atoms with Gasteiger partial charge in [0.2, 0.25) is 0 Å². The predicted molar refractivity (Wildman–Crippen MR) is 80.5 cm³/mol. The standard InChI is InChI=1S/C16H21NO4/c1-4-17-12-6-5-11(9-13(12)21-15(17)20)7-8-16(2,3)10-14(18)19/h5-6,9H,4,7-8,10H2,1-3H3,(H,18,19). The van der Waals surface area contributed by atoms with E-state index in [1.165, 1.54) is 0 Å². The summed E-state index contributed by atoms with van der Waals surface area (Å²) < 4.78 is 6.83. The van der Waals surface area contributed by atoms with E-state index in [0.717, 1.165) is 23.9 Å². The van der Waals surface area contributed by atoms with Crippen LogP contribution in [-0.4, -0.2) is 15.6 Å². The molecule has 1 aromatic heterocycles. The third kappa shape index (κ3) is 3.54. The average molecular weight is 291 g/mol. The number of oxazole rings is 1. The molecule has 5 nitrogen and oxygen atoms in total. The Bertz CT molecular complexity index is 709. The summed E-state index contributed by atoms with van der Waals surface area (Å²) >= 11 is 0. The zero-order valence-electron chi connectivity index (χ0n) is 12.7. The van der Waals surface area contributed by atoms with Crippen molar-refractivity contribution < 1.29 is 14.3 Å². The second-order valence-electron chi connectivity index (χ2n) is 6.15. The highest BCUT2D eigenvalue weighted by molar-refractivity contribution is 5.73. The highest BCUT2D eigenvalue weighted by Crippen LogP contribution is 2.27. The Balaban J connectivity index is 2.17. The molecule has 1 heterocycles. The fraction of sp³-hybridized carbons (Fsp3) is 0.500. The molecule has 0 amide bonds. The van der Waals surface area contributed by atoms with Crippen molar-refractivity contribution in [2.45, 2.75) is 46.6 Å². The summed E-state index contributed by atoms with van der Waals surface area (Å²) in [5.74, 6) is -1.11. The fourth-order valence-corrected chi connectivity index (χ4v) is 2.55. The molecule has 0 aliphatic carbocycles. The molecule has 0 aliphatic rings. The Kier molecular flexibility index (Phi) is 4.21. The van der Waals surface area contributed by atoms with Gasteiger partial charge in [0.15, 0.2) is 5.58 Å². The van der Waals surface area contributed by atoms with Gasteiger partial charge in [-0.3, -0.25) is 9.36 Å². The quantitative estimate of drug-likeness (QED) is 0.887. The number of carboxylic acid groups (broad SMARTS) is 1. The molecule has 1 N–H and O–H groups in total. The molecule has 21 heavy (non-hydrogen) atoms. The number of fused-ring (bicyclic) bond motifs is 1. The minimum absolute atomic E-state index is 0.149. The summed E-state index contributed by atoms with van der Waals surface area (Å²) in [5.41, 5.74) is 2.20. The second kappa shape index (κ2) is 5.76. The smallest absolute Gasteiger partial charge is 0.419 e. The second-order valence-corrected chi connectivity index (χ2v) is 6.15. The van der Waals surface area contributed by atoms with E-state index in [9.17, 15) is 9.59 Å². The van der Waals surface area contributed by atoms with Crippen LogP contribution in [0.2, 0.25) is 0 Å². The molecule has 0 atom stereocenters. The van der Waals surface area contributed by atoms with Crippen molar-refractivity contribution in [3.8, 4) is 0 Å². The van der Waals surface area contributed by atoms with Crippen molar-refractivity contribution in [2.75, 3.05) is 0 Å². The first-order valence-electron chi connectivity index (χ1n) is 7.16. The van der Waals surface area contributed by atoms with Crippen molar-refractivity contribution >= 4 is 17.1 Å². The first kappa shape index (κ1) is 15.4. The minimum Gasteiger partial charge on any atom is -0.481 e. The third-order valence-corrected chi connectivity index (χ3v) is 3.77. The van der Waals surface area contributed by atoms with E-state index in [4.69, 9.17) is 9.52 Å². The van der Waals surface area contributed by atoms with E-state index in [-0.39, 0.29) is 17.6 Å². The van der Waals surface area contributed by atoms with Gasteiger partial charge in [-0.2, -0.15) is 0 Å². The summed E-state index contributed by atoms with van der Waals surface area (Å²) in [6.07, 6.45) is 1.68. The van der Waals surface area contributed by atoms with Gasteiger partial charge < -0.3 is 9.52 Å². The lowest BCUT2D eigenvalue weighted by Crippen LogP contribution is -2.17. The van der Waals surface area contributed by atoms with E-state index in [2.05, 4.69) is 0 Å². The van der Waals surface area contributed by atoms with Gasteiger partial charge in [-0.25, -0.2) is 4.79 Å². The first-order chi connectivity index (χ1) is 9.82. The zero-order chi connectivity index (χ0) is 15.6. The van der Waals surface area contributed by atoms with Crippen molar-refractivity contribution in [2.24, 2.45) is 5.41 Å². The number of benzene rings is 1. The van der Waals surface area contributed by atoms with Crippen molar-refractivity contribution in [3.63, 3.8) is 0 Å². The maximum atomic E-state index is 11.7. The van der Waals surface area contributed by atoms with Crippen LogP contribution in [-0.2, 0) is 17.8 Å². The normalized spacial score (nSPS) is 12.0. The molecule has 0 saturated carbocycles. The summed E-state index contributed by atoms with van der Waals surface area (Å²) in [5, 5.41) is 8.90. The van der Waals surface area contributed by atoms with Gasteiger partial charge in [0, 0.05) is 6.54 Å². The number of carboxylic acids is 1. The number of nitrogens with zero attached hydrogens (tertiary/aromatic N) is 1. The lowest BCUT2D eigenvalue weighted by Gasteiger charge is -2.22. The van der Waals surface area contributed by atoms with Crippen molar-refractivity contribution in [1.82, 2.24) is 4.57 Å². The van der Waals surface area contributed by atoms with Gasteiger partial charge in [-0.05, 0) is 42.9 Å². The van der Waals surface area contributed by atoms with Gasteiger partial charge in [0.1, 0.15) is 0 Å². The van der Waals surface area contributed by atoms with Crippen LogP contribution in [0.3, 0.4) is 0 Å². The van der Waals surface area contributed by atoms with Crippen LogP contribution in [0.25, 0.3) is 11.1 Å². The molecule has 2 rings (SSSR count). The molecule has 114 valence electrons. The molecule has 2 aromatic rings. The van der Waals surface area contributed by atoms with E-state index in [1.807, 2.05) is 39.0 Å². The van der Waals surface area contributed by atoms with Crippen molar-refractivity contribution in [3.05, 3.63) is 34.3 Å². The number of rotatable bonds is 6. The molecule has 5 heteroatoms. The minimum atomic E-state index is -0.776.